The third kappa shape index (κ3) is 4.38. The van der Waals surface area contributed by atoms with Crippen molar-refractivity contribution in [1.29, 1.82) is 0 Å². The van der Waals surface area contributed by atoms with Gasteiger partial charge in [-0.1, -0.05) is 0 Å². The molecule has 2 unspecified atom stereocenters. The van der Waals surface area contributed by atoms with Gasteiger partial charge in [-0.15, -0.1) is 0 Å². The smallest absolute Gasteiger partial charge is 0.216 e. The van der Waals surface area contributed by atoms with Gasteiger partial charge in [0.05, 0.1) is 23.6 Å². The number of aliphatic hydroxyl groups is 2. The standard InChI is InChI=1S/C12H15FN2O4/c1-7(17)14-3-2-11(18)12(19)10-4-8(6-16)9(13)5-15-10/h4-6,11-12,18-19H,2-3H2,1H3,(H,14,17). The number of nitrogens with zero attached hydrogens (tertiary/aromatic N) is 1. The lowest BCUT2D eigenvalue weighted by Crippen LogP contribution is -2.28. The SMILES string of the molecule is CC(=O)NCCC(O)C(O)c1cc(C=O)c(F)cn1. The summed E-state index contributed by atoms with van der Waals surface area (Å²) in [6.07, 6.45) is -1.31. The van der Waals surface area contributed by atoms with Crippen LogP contribution < -0.4 is 5.32 Å². The Morgan fingerprint density at radius 1 is 1.58 bits per heavy atom. The van der Waals surface area contributed by atoms with E-state index in [9.17, 15) is 24.2 Å². The highest BCUT2D eigenvalue weighted by Crippen LogP contribution is 2.18. The van der Waals surface area contributed by atoms with Crippen LogP contribution in [0.1, 0.15) is 35.5 Å². The van der Waals surface area contributed by atoms with Gasteiger partial charge in [-0.25, -0.2) is 4.39 Å². The summed E-state index contributed by atoms with van der Waals surface area (Å²) in [5, 5.41) is 22.0. The molecule has 0 radical (unpaired) electrons. The maximum Gasteiger partial charge on any atom is 0.216 e. The van der Waals surface area contributed by atoms with Gasteiger partial charge in [0, 0.05) is 13.5 Å². The van der Waals surface area contributed by atoms with E-state index in [1.807, 2.05) is 0 Å². The van der Waals surface area contributed by atoms with Gasteiger partial charge in [0.15, 0.2) is 12.1 Å². The van der Waals surface area contributed by atoms with E-state index in [0.717, 1.165) is 12.3 Å². The van der Waals surface area contributed by atoms with E-state index in [-0.39, 0.29) is 30.1 Å². The summed E-state index contributed by atoms with van der Waals surface area (Å²) in [4.78, 5) is 24.8. The van der Waals surface area contributed by atoms with Crippen molar-refractivity contribution in [2.75, 3.05) is 6.54 Å². The summed E-state index contributed by atoms with van der Waals surface area (Å²) in [6.45, 7) is 1.52. The molecule has 1 aromatic heterocycles. The van der Waals surface area contributed by atoms with Gasteiger partial charge in [0.25, 0.3) is 0 Å². The first-order valence-corrected chi connectivity index (χ1v) is 5.67. The first-order valence-electron chi connectivity index (χ1n) is 5.67. The van der Waals surface area contributed by atoms with Gasteiger partial charge in [0.2, 0.25) is 5.91 Å². The van der Waals surface area contributed by atoms with E-state index in [4.69, 9.17) is 0 Å². The fraction of sp³-hybridized carbons (Fsp3) is 0.417. The number of pyridine rings is 1. The number of carbonyl (C=O) groups excluding carboxylic acids is 2. The van der Waals surface area contributed by atoms with E-state index in [1.54, 1.807) is 0 Å². The van der Waals surface area contributed by atoms with Crippen molar-refractivity contribution in [3.8, 4) is 0 Å². The van der Waals surface area contributed by atoms with Crippen molar-refractivity contribution < 1.29 is 24.2 Å². The Morgan fingerprint density at radius 2 is 2.26 bits per heavy atom. The lowest BCUT2D eigenvalue weighted by atomic mass is 10.1. The van der Waals surface area contributed by atoms with E-state index < -0.39 is 18.0 Å². The predicted octanol–water partition coefficient (Wildman–Crippen LogP) is -0.0463. The fourth-order valence-electron chi connectivity index (χ4n) is 1.47. The van der Waals surface area contributed by atoms with Crippen molar-refractivity contribution in [1.82, 2.24) is 10.3 Å². The van der Waals surface area contributed by atoms with Crippen LogP contribution >= 0.6 is 0 Å². The molecule has 3 N–H and O–H groups in total. The molecule has 0 fully saturated rings. The second-order valence-corrected chi connectivity index (χ2v) is 4.03. The molecule has 7 heteroatoms. The zero-order valence-electron chi connectivity index (χ0n) is 10.3. The maximum absolute atomic E-state index is 13.0. The number of amides is 1. The lowest BCUT2D eigenvalue weighted by molar-refractivity contribution is -0.119. The quantitative estimate of drug-likeness (QED) is 0.630. The highest BCUT2D eigenvalue weighted by Gasteiger charge is 2.20. The molecule has 6 nitrogen and oxygen atoms in total. The number of carbonyl (C=O) groups is 2. The zero-order valence-corrected chi connectivity index (χ0v) is 10.3. The number of aldehydes is 1. The Balaban J connectivity index is 2.68. The van der Waals surface area contributed by atoms with Crippen molar-refractivity contribution in [3.05, 3.63) is 29.3 Å². The summed E-state index contributed by atoms with van der Waals surface area (Å²) < 4.78 is 13.0. The Bertz CT molecular complexity index is 467. The van der Waals surface area contributed by atoms with Crippen LogP contribution in [-0.2, 0) is 4.79 Å². The van der Waals surface area contributed by atoms with Crippen LogP contribution in [0.15, 0.2) is 12.3 Å². The third-order valence-corrected chi connectivity index (χ3v) is 2.51. The fourth-order valence-corrected chi connectivity index (χ4v) is 1.47. The van der Waals surface area contributed by atoms with Crippen LogP contribution in [0.25, 0.3) is 0 Å². The first kappa shape index (κ1) is 15.2. The van der Waals surface area contributed by atoms with Crippen molar-refractivity contribution >= 4 is 12.2 Å². The first-order chi connectivity index (χ1) is 8.95. The largest absolute Gasteiger partial charge is 0.390 e. The normalized spacial score (nSPS) is 13.7. The summed E-state index contributed by atoms with van der Waals surface area (Å²) in [5.74, 6) is -1.04. The average molecular weight is 270 g/mol. The summed E-state index contributed by atoms with van der Waals surface area (Å²) in [6, 6.07) is 1.08. The molecule has 2 atom stereocenters. The van der Waals surface area contributed by atoms with Gasteiger partial charge >= 0.3 is 0 Å². The van der Waals surface area contributed by atoms with Crippen LogP contribution in [0, 0.1) is 5.82 Å². The number of nitrogens with one attached hydrogen (secondary N) is 1. The minimum absolute atomic E-state index is 0.00109. The molecular formula is C12H15FN2O4. The molecule has 0 spiro atoms. The van der Waals surface area contributed by atoms with Crippen LogP contribution in [-0.4, -0.2) is 40.0 Å². The second-order valence-electron chi connectivity index (χ2n) is 4.03. The summed E-state index contributed by atoms with van der Waals surface area (Å²) in [5.41, 5.74) is -0.239. The second kappa shape index (κ2) is 6.91. The molecule has 0 aliphatic heterocycles. The topological polar surface area (TPSA) is 99.5 Å². The summed E-state index contributed by atoms with van der Waals surface area (Å²) in [7, 11) is 0. The molecule has 19 heavy (non-hydrogen) atoms. The number of halogens is 1. The Hall–Kier alpha value is -1.86. The lowest BCUT2D eigenvalue weighted by Gasteiger charge is -2.17. The number of aromatic nitrogens is 1. The van der Waals surface area contributed by atoms with Crippen LogP contribution in [0.2, 0.25) is 0 Å². The monoisotopic (exact) mass is 270 g/mol. The van der Waals surface area contributed by atoms with E-state index in [1.165, 1.54) is 6.92 Å². The van der Waals surface area contributed by atoms with Crippen molar-refractivity contribution in [3.63, 3.8) is 0 Å². The number of aliphatic hydroxyl groups excluding tert-OH is 2. The molecule has 0 aliphatic rings. The summed E-state index contributed by atoms with van der Waals surface area (Å²) >= 11 is 0. The molecule has 0 aromatic carbocycles. The van der Waals surface area contributed by atoms with E-state index >= 15 is 0 Å². The Morgan fingerprint density at radius 3 is 2.84 bits per heavy atom. The number of rotatable bonds is 6. The van der Waals surface area contributed by atoms with E-state index in [2.05, 4.69) is 10.3 Å². The number of hydrogen-bond donors (Lipinski definition) is 3. The molecule has 1 rings (SSSR count). The molecule has 0 bridgehead atoms. The highest BCUT2D eigenvalue weighted by atomic mass is 19.1. The minimum Gasteiger partial charge on any atom is -0.390 e. The zero-order chi connectivity index (χ0) is 14.4. The highest BCUT2D eigenvalue weighted by molar-refractivity contribution is 5.75. The molecule has 1 amide bonds. The molecule has 0 saturated heterocycles. The third-order valence-electron chi connectivity index (χ3n) is 2.51. The molecule has 1 heterocycles. The van der Waals surface area contributed by atoms with Gasteiger partial charge in [0.1, 0.15) is 6.10 Å². The molecule has 1 aromatic rings. The van der Waals surface area contributed by atoms with Gasteiger partial charge in [-0.3, -0.25) is 14.6 Å². The maximum atomic E-state index is 13.0. The van der Waals surface area contributed by atoms with Crippen LogP contribution in [0.4, 0.5) is 4.39 Å². The van der Waals surface area contributed by atoms with Crippen LogP contribution in [0.5, 0.6) is 0 Å². The predicted molar refractivity (Wildman–Crippen MR) is 63.8 cm³/mol. The molecule has 104 valence electrons. The Labute approximate surface area is 109 Å². The Kier molecular flexibility index (Phi) is 5.53. The van der Waals surface area contributed by atoms with Crippen molar-refractivity contribution in [2.45, 2.75) is 25.6 Å². The van der Waals surface area contributed by atoms with Crippen molar-refractivity contribution in [2.24, 2.45) is 0 Å². The van der Waals surface area contributed by atoms with Gasteiger partial charge in [-0.2, -0.15) is 0 Å². The van der Waals surface area contributed by atoms with E-state index in [0.29, 0.717) is 6.29 Å². The average Bonchev–Trinajstić information content (AvgIpc) is 2.38. The van der Waals surface area contributed by atoms with Crippen LogP contribution in [0.3, 0.4) is 0 Å². The minimum atomic E-state index is -1.35. The number of hydrogen-bond acceptors (Lipinski definition) is 5. The van der Waals surface area contributed by atoms with Gasteiger partial charge in [-0.05, 0) is 12.5 Å². The molecule has 0 aliphatic carbocycles. The molecule has 0 saturated carbocycles. The molecular weight excluding hydrogens is 255 g/mol. The van der Waals surface area contributed by atoms with Gasteiger partial charge < -0.3 is 15.5 Å².